The van der Waals surface area contributed by atoms with Crippen molar-refractivity contribution in [3.05, 3.63) is 10.9 Å². The SMILES string of the molecule is CC(C)CCN(C)c1cc(N)c(C(=O)NC2CC2)s1. The maximum absolute atomic E-state index is 12.0. The Kier molecular flexibility index (Phi) is 4.34. The Hall–Kier alpha value is -1.23. The monoisotopic (exact) mass is 281 g/mol. The van der Waals surface area contributed by atoms with E-state index in [1.165, 1.54) is 11.3 Å². The number of carbonyl (C=O) groups excluding carboxylic acids is 1. The van der Waals surface area contributed by atoms with Crippen molar-refractivity contribution in [2.24, 2.45) is 5.92 Å². The Bertz CT molecular complexity index is 452. The fourth-order valence-corrected chi connectivity index (χ4v) is 2.77. The smallest absolute Gasteiger partial charge is 0.263 e. The summed E-state index contributed by atoms with van der Waals surface area (Å²) in [6.07, 6.45) is 3.33. The summed E-state index contributed by atoms with van der Waals surface area (Å²) in [5.41, 5.74) is 6.55. The number of nitrogen functional groups attached to an aromatic ring is 1. The van der Waals surface area contributed by atoms with Crippen LogP contribution in [0.25, 0.3) is 0 Å². The summed E-state index contributed by atoms with van der Waals surface area (Å²) < 4.78 is 0. The van der Waals surface area contributed by atoms with Gasteiger partial charge in [-0.05, 0) is 31.2 Å². The molecule has 1 aliphatic rings. The first-order valence-electron chi connectivity index (χ1n) is 6.88. The average Bonchev–Trinajstić information content (AvgIpc) is 3.06. The van der Waals surface area contributed by atoms with Crippen molar-refractivity contribution < 1.29 is 4.79 Å². The van der Waals surface area contributed by atoms with Gasteiger partial charge in [0.15, 0.2) is 0 Å². The van der Waals surface area contributed by atoms with Crippen LogP contribution in [0, 0.1) is 5.92 Å². The van der Waals surface area contributed by atoms with Crippen LogP contribution in [0.15, 0.2) is 6.07 Å². The molecule has 1 amide bonds. The fourth-order valence-electron chi connectivity index (χ4n) is 1.80. The van der Waals surface area contributed by atoms with Gasteiger partial charge in [-0.2, -0.15) is 0 Å². The van der Waals surface area contributed by atoms with E-state index in [-0.39, 0.29) is 5.91 Å². The van der Waals surface area contributed by atoms with Crippen LogP contribution in [-0.4, -0.2) is 25.5 Å². The summed E-state index contributed by atoms with van der Waals surface area (Å²) in [6.45, 7) is 5.41. The lowest BCUT2D eigenvalue weighted by molar-refractivity contribution is 0.0956. The van der Waals surface area contributed by atoms with Crippen molar-refractivity contribution in [2.75, 3.05) is 24.2 Å². The Morgan fingerprint density at radius 2 is 2.26 bits per heavy atom. The topological polar surface area (TPSA) is 58.4 Å². The van der Waals surface area contributed by atoms with Gasteiger partial charge in [0.05, 0.1) is 10.7 Å². The molecule has 1 fully saturated rings. The Balaban J connectivity index is 2.00. The highest BCUT2D eigenvalue weighted by atomic mass is 32.1. The van der Waals surface area contributed by atoms with Gasteiger partial charge in [0, 0.05) is 19.6 Å². The van der Waals surface area contributed by atoms with Crippen molar-refractivity contribution in [3.8, 4) is 0 Å². The predicted octanol–water partition coefficient (Wildman–Crippen LogP) is 2.70. The zero-order valence-corrected chi connectivity index (χ0v) is 12.7. The minimum atomic E-state index is -0.0199. The van der Waals surface area contributed by atoms with Crippen LogP contribution in [0.3, 0.4) is 0 Å². The number of hydrogen-bond donors (Lipinski definition) is 2. The third-order valence-corrected chi connectivity index (χ3v) is 4.55. The van der Waals surface area contributed by atoms with E-state index in [4.69, 9.17) is 5.73 Å². The predicted molar refractivity (Wildman–Crippen MR) is 81.9 cm³/mol. The molecule has 1 saturated carbocycles. The van der Waals surface area contributed by atoms with Gasteiger partial charge < -0.3 is 16.0 Å². The first-order chi connectivity index (χ1) is 8.97. The molecule has 1 aromatic rings. The summed E-state index contributed by atoms with van der Waals surface area (Å²) >= 11 is 1.49. The van der Waals surface area contributed by atoms with Crippen LogP contribution in [-0.2, 0) is 0 Å². The molecular formula is C14H23N3OS. The number of anilines is 2. The van der Waals surface area contributed by atoms with Gasteiger partial charge in [-0.15, -0.1) is 11.3 Å². The lowest BCUT2D eigenvalue weighted by atomic mass is 10.1. The first-order valence-corrected chi connectivity index (χ1v) is 7.70. The van der Waals surface area contributed by atoms with Crippen LogP contribution in [0.1, 0.15) is 42.8 Å². The van der Waals surface area contributed by atoms with Gasteiger partial charge in [-0.1, -0.05) is 13.8 Å². The molecule has 3 N–H and O–H groups in total. The minimum Gasteiger partial charge on any atom is -0.397 e. The molecule has 5 heteroatoms. The number of nitrogens with two attached hydrogens (primary N) is 1. The normalized spacial score (nSPS) is 14.7. The highest BCUT2D eigenvalue weighted by Gasteiger charge is 2.26. The lowest BCUT2D eigenvalue weighted by Gasteiger charge is -2.17. The molecule has 0 atom stereocenters. The van der Waals surface area contributed by atoms with Crippen molar-refractivity contribution in [3.63, 3.8) is 0 Å². The van der Waals surface area contributed by atoms with E-state index in [0.717, 1.165) is 30.8 Å². The van der Waals surface area contributed by atoms with E-state index in [9.17, 15) is 4.79 Å². The summed E-state index contributed by atoms with van der Waals surface area (Å²) in [7, 11) is 2.05. The van der Waals surface area contributed by atoms with Crippen LogP contribution >= 0.6 is 11.3 Å². The number of carbonyl (C=O) groups is 1. The number of hydrogen-bond acceptors (Lipinski definition) is 4. The van der Waals surface area contributed by atoms with Gasteiger partial charge in [0.25, 0.3) is 5.91 Å². The molecule has 1 aromatic heterocycles. The first kappa shape index (κ1) is 14.2. The van der Waals surface area contributed by atoms with Gasteiger partial charge in [-0.3, -0.25) is 4.79 Å². The Labute approximate surface area is 119 Å². The number of rotatable bonds is 6. The molecule has 0 bridgehead atoms. The second-order valence-electron chi connectivity index (χ2n) is 5.72. The Morgan fingerprint density at radius 3 is 2.84 bits per heavy atom. The second kappa shape index (κ2) is 5.82. The fraction of sp³-hybridized carbons (Fsp3) is 0.643. The van der Waals surface area contributed by atoms with E-state index in [1.807, 2.05) is 6.07 Å². The van der Waals surface area contributed by atoms with Crippen molar-refractivity contribution in [1.29, 1.82) is 0 Å². The molecule has 0 saturated heterocycles. The van der Waals surface area contributed by atoms with Crippen molar-refractivity contribution in [1.82, 2.24) is 5.32 Å². The second-order valence-corrected chi connectivity index (χ2v) is 6.75. The van der Waals surface area contributed by atoms with E-state index >= 15 is 0 Å². The molecule has 19 heavy (non-hydrogen) atoms. The third-order valence-electron chi connectivity index (χ3n) is 3.28. The number of nitrogens with one attached hydrogen (secondary N) is 1. The molecule has 0 aromatic carbocycles. The molecular weight excluding hydrogens is 258 g/mol. The highest BCUT2D eigenvalue weighted by molar-refractivity contribution is 7.18. The van der Waals surface area contributed by atoms with Gasteiger partial charge in [0.2, 0.25) is 0 Å². The van der Waals surface area contributed by atoms with Crippen molar-refractivity contribution >= 4 is 27.9 Å². The number of amides is 1. The van der Waals surface area contributed by atoms with Crippen LogP contribution in [0.5, 0.6) is 0 Å². The zero-order chi connectivity index (χ0) is 14.0. The molecule has 0 aliphatic heterocycles. The lowest BCUT2D eigenvalue weighted by Crippen LogP contribution is -2.25. The van der Waals surface area contributed by atoms with E-state index in [2.05, 4.69) is 31.1 Å². The number of thiophene rings is 1. The third kappa shape index (κ3) is 3.86. The molecule has 1 heterocycles. The van der Waals surface area contributed by atoms with E-state index in [0.29, 0.717) is 22.5 Å². The average molecular weight is 281 g/mol. The molecule has 1 aliphatic carbocycles. The molecule has 0 unspecified atom stereocenters. The van der Waals surface area contributed by atoms with Crippen LogP contribution < -0.4 is 16.0 Å². The zero-order valence-electron chi connectivity index (χ0n) is 11.9. The summed E-state index contributed by atoms with van der Waals surface area (Å²) in [4.78, 5) is 14.8. The van der Waals surface area contributed by atoms with Gasteiger partial charge in [-0.25, -0.2) is 0 Å². The molecule has 106 valence electrons. The maximum atomic E-state index is 12.0. The van der Waals surface area contributed by atoms with E-state index < -0.39 is 0 Å². The minimum absolute atomic E-state index is 0.0199. The summed E-state index contributed by atoms with van der Waals surface area (Å²) in [5.74, 6) is 0.658. The molecule has 0 spiro atoms. The largest absolute Gasteiger partial charge is 0.397 e. The Morgan fingerprint density at radius 1 is 1.58 bits per heavy atom. The van der Waals surface area contributed by atoms with Gasteiger partial charge >= 0.3 is 0 Å². The summed E-state index contributed by atoms with van der Waals surface area (Å²) in [5, 5.41) is 4.06. The number of nitrogens with zero attached hydrogens (tertiary/aromatic N) is 1. The molecule has 0 radical (unpaired) electrons. The maximum Gasteiger partial charge on any atom is 0.263 e. The van der Waals surface area contributed by atoms with Crippen LogP contribution in [0.2, 0.25) is 0 Å². The van der Waals surface area contributed by atoms with Gasteiger partial charge in [0.1, 0.15) is 4.88 Å². The molecule has 2 rings (SSSR count). The standard InChI is InChI=1S/C14H23N3OS/c1-9(2)6-7-17(3)12-8-11(15)13(19-12)14(18)16-10-4-5-10/h8-10H,4-7,15H2,1-3H3,(H,16,18). The summed E-state index contributed by atoms with van der Waals surface area (Å²) in [6, 6.07) is 2.28. The highest BCUT2D eigenvalue weighted by Crippen LogP contribution is 2.32. The quantitative estimate of drug-likeness (QED) is 0.843. The van der Waals surface area contributed by atoms with E-state index in [1.54, 1.807) is 0 Å². The molecule has 4 nitrogen and oxygen atoms in total. The van der Waals surface area contributed by atoms with Crippen molar-refractivity contribution in [2.45, 2.75) is 39.2 Å². The van der Waals surface area contributed by atoms with Crippen LogP contribution in [0.4, 0.5) is 10.7 Å².